The fourth-order valence-electron chi connectivity index (χ4n) is 2.23. The first-order chi connectivity index (χ1) is 10.2. The van der Waals surface area contributed by atoms with Gasteiger partial charge in [0.1, 0.15) is 0 Å². The van der Waals surface area contributed by atoms with E-state index in [-0.39, 0.29) is 5.54 Å². The van der Waals surface area contributed by atoms with Gasteiger partial charge in [0.25, 0.3) is 0 Å². The van der Waals surface area contributed by atoms with Crippen molar-refractivity contribution in [3.05, 3.63) is 27.7 Å². The van der Waals surface area contributed by atoms with Gasteiger partial charge in [-0.2, -0.15) is 0 Å². The molecule has 5 heteroatoms. The van der Waals surface area contributed by atoms with Crippen LogP contribution in [0.2, 0.25) is 0 Å². The van der Waals surface area contributed by atoms with E-state index in [0.29, 0.717) is 6.54 Å². The SMILES string of the molecule is CCN(CC)Cc1cc(C(O)CNC(C)(C)C)cc(Br)c1N. The quantitative estimate of drug-likeness (QED) is 0.643. The Morgan fingerprint density at radius 3 is 2.36 bits per heavy atom. The average molecular weight is 372 g/mol. The number of nitrogens with two attached hydrogens (primary N) is 1. The van der Waals surface area contributed by atoms with E-state index in [1.54, 1.807) is 0 Å². The minimum atomic E-state index is -0.549. The van der Waals surface area contributed by atoms with Gasteiger partial charge in [-0.05, 0) is 73.1 Å². The molecule has 0 aliphatic rings. The van der Waals surface area contributed by atoms with Crippen molar-refractivity contribution in [3.63, 3.8) is 0 Å². The third-order valence-electron chi connectivity index (χ3n) is 3.74. The van der Waals surface area contributed by atoms with Crippen molar-refractivity contribution < 1.29 is 5.11 Å². The molecule has 0 saturated carbocycles. The van der Waals surface area contributed by atoms with E-state index in [9.17, 15) is 5.11 Å². The standard InChI is InChI=1S/C17H30BrN3O/c1-6-21(7-2)11-13-8-12(9-14(18)16(13)19)15(22)10-20-17(3,4)5/h8-9,15,20,22H,6-7,10-11,19H2,1-5H3. The number of benzene rings is 1. The number of nitrogens with zero attached hydrogens (tertiary/aromatic N) is 1. The van der Waals surface area contributed by atoms with Crippen LogP contribution >= 0.6 is 15.9 Å². The number of nitrogen functional groups attached to an aromatic ring is 1. The predicted octanol–water partition coefficient (Wildman–Crippen LogP) is 3.29. The van der Waals surface area contributed by atoms with Gasteiger partial charge in [0.2, 0.25) is 0 Å². The fourth-order valence-corrected chi connectivity index (χ4v) is 2.75. The number of halogens is 1. The summed E-state index contributed by atoms with van der Waals surface area (Å²) in [6.45, 7) is 13.8. The summed E-state index contributed by atoms with van der Waals surface area (Å²) < 4.78 is 0.849. The molecular weight excluding hydrogens is 342 g/mol. The molecular formula is C17H30BrN3O. The maximum absolute atomic E-state index is 10.4. The van der Waals surface area contributed by atoms with Crippen LogP contribution in [0.3, 0.4) is 0 Å². The second kappa shape index (κ2) is 8.29. The van der Waals surface area contributed by atoms with Gasteiger partial charge >= 0.3 is 0 Å². The smallest absolute Gasteiger partial charge is 0.0915 e. The van der Waals surface area contributed by atoms with Crippen LogP contribution in [0.5, 0.6) is 0 Å². The van der Waals surface area contributed by atoms with Crippen molar-refractivity contribution in [2.24, 2.45) is 0 Å². The Hall–Kier alpha value is -0.620. The van der Waals surface area contributed by atoms with Crippen LogP contribution in [-0.4, -0.2) is 35.2 Å². The molecule has 1 atom stereocenters. The summed E-state index contributed by atoms with van der Waals surface area (Å²) in [6.07, 6.45) is -0.549. The average Bonchev–Trinajstić information content (AvgIpc) is 2.45. The van der Waals surface area contributed by atoms with Crippen LogP contribution in [-0.2, 0) is 6.54 Å². The van der Waals surface area contributed by atoms with Crippen molar-refractivity contribution in [2.75, 3.05) is 25.4 Å². The van der Waals surface area contributed by atoms with Crippen LogP contribution in [0.25, 0.3) is 0 Å². The highest BCUT2D eigenvalue weighted by Crippen LogP contribution is 2.29. The molecule has 0 spiro atoms. The number of aliphatic hydroxyl groups is 1. The van der Waals surface area contributed by atoms with Gasteiger partial charge in [-0.3, -0.25) is 4.90 Å². The molecule has 4 N–H and O–H groups in total. The molecule has 0 heterocycles. The first-order valence-electron chi connectivity index (χ1n) is 7.91. The summed E-state index contributed by atoms with van der Waals surface area (Å²) in [5, 5.41) is 13.8. The molecule has 0 saturated heterocycles. The number of hydrogen-bond acceptors (Lipinski definition) is 4. The number of hydrogen-bond donors (Lipinski definition) is 3. The molecule has 0 radical (unpaired) electrons. The lowest BCUT2D eigenvalue weighted by Gasteiger charge is -2.24. The van der Waals surface area contributed by atoms with Crippen molar-refractivity contribution in [1.29, 1.82) is 0 Å². The predicted molar refractivity (Wildman–Crippen MR) is 97.9 cm³/mol. The molecule has 1 aromatic carbocycles. The summed E-state index contributed by atoms with van der Waals surface area (Å²) in [5.41, 5.74) is 8.87. The van der Waals surface area contributed by atoms with Gasteiger partial charge in [0, 0.05) is 23.1 Å². The fraction of sp³-hybridized carbons (Fsp3) is 0.647. The maximum Gasteiger partial charge on any atom is 0.0915 e. The normalized spacial score (nSPS) is 13.6. The zero-order valence-electron chi connectivity index (χ0n) is 14.4. The first-order valence-corrected chi connectivity index (χ1v) is 8.70. The monoisotopic (exact) mass is 371 g/mol. The van der Waals surface area contributed by atoms with E-state index in [4.69, 9.17) is 5.73 Å². The van der Waals surface area contributed by atoms with Crippen LogP contribution in [0.15, 0.2) is 16.6 Å². The number of β-amino-alcohol motifs (C(OH)–C–C–N with tert-alkyl or cyclic N) is 1. The molecule has 0 bridgehead atoms. The molecule has 0 aliphatic heterocycles. The van der Waals surface area contributed by atoms with Crippen molar-refractivity contribution in [1.82, 2.24) is 10.2 Å². The molecule has 0 aliphatic carbocycles. The minimum Gasteiger partial charge on any atom is -0.398 e. The van der Waals surface area contributed by atoms with Crippen LogP contribution < -0.4 is 11.1 Å². The lowest BCUT2D eigenvalue weighted by Crippen LogP contribution is -2.38. The van der Waals surface area contributed by atoms with E-state index in [1.807, 2.05) is 12.1 Å². The number of nitrogens with one attached hydrogen (secondary N) is 1. The van der Waals surface area contributed by atoms with Crippen molar-refractivity contribution in [3.8, 4) is 0 Å². The van der Waals surface area contributed by atoms with Gasteiger partial charge in [-0.25, -0.2) is 0 Å². The minimum absolute atomic E-state index is 0.0178. The highest BCUT2D eigenvalue weighted by Gasteiger charge is 2.16. The summed E-state index contributed by atoms with van der Waals surface area (Å²) in [6, 6.07) is 3.93. The van der Waals surface area contributed by atoms with Crippen LogP contribution in [0.1, 0.15) is 51.8 Å². The van der Waals surface area contributed by atoms with Gasteiger partial charge < -0.3 is 16.2 Å². The van der Waals surface area contributed by atoms with E-state index in [0.717, 1.165) is 40.9 Å². The van der Waals surface area contributed by atoms with Crippen LogP contribution in [0.4, 0.5) is 5.69 Å². The molecule has 1 rings (SSSR count). The van der Waals surface area contributed by atoms with Crippen molar-refractivity contribution >= 4 is 21.6 Å². The molecule has 0 fully saturated rings. The molecule has 1 aromatic rings. The Morgan fingerprint density at radius 2 is 1.86 bits per heavy atom. The van der Waals surface area contributed by atoms with E-state index in [1.165, 1.54) is 0 Å². The number of aliphatic hydroxyl groups excluding tert-OH is 1. The molecule has 0 amide bonds. The van der Waals surface area contributed by atoms with Gasteiger partial charge in [-0.1, -0.05) is 13.8 Å². The summed E-state index contributed by atoms with van der Waals surface area (Å²) >= 11 is 3.51. The summed E-state index contributed by atoms with van der Waals surface area (Å²) in [5.74, 6) is 0. The zero-order valence-corrected chi connectivity index (χ0v) is 16.0. The second-order valence-corrected chi connectivity index (χ2v) is 7.54. The largest absolute Gasteiger partial charge is 0.398 e. The molecule has 4 nitrogen and oxygen atoms in total. The third kappa shape index (κ3) is 5.88. The summed E-state index contributed by atoms with van der Waals surface area (Å²) in [4.78, 5) is 2.31. The lowest BCUT2D eigenvalue weighted by molar-refractivity contribution is 0.163. The Morgan fingerprint density at radius 1 is 1.27 bits per heavy atom. The zero-order chi connectivity index (χ0) is 16.9. The first kappa shape index (κ1) is 19.4. The maximum atomic E-state index is 10.4. The Balaban J connectivity index is 2.94. The Labute approximate surface area is 143 Å². The van der Waals surface area contributed by atoms with E-state index >= 15 is 0 Å². The van der Waals surface area contributed by atoms with E-state index in [2.05, 4.69) is 60.8 Å². The molecule has 0 aromatic heterocycles. The summed E-state index contributed by atoms with van der Waals surface area (Å²) in [7, 11) is 0. The third-order valence-corrected chi connectivity index (χ3v) is 4.39. The second-order valence-electron chi connectivity index (χ2n) is 6.68. The Bertz CT molecular complexity index is 482. The van der Waals surface area contributed by atoms with Crippen molar-refractivity contribution in [2.45, 2.75) is 52.8 Å². The molecule has 126 valence electrons. The number of anilines is 1. The number of rotatable bonds is 7. The Kier molecular flexibility index (Phi) is 7.32. The highest BCUT2D eigenvalue weighted by molar-refractivity contribution is 9.10. The van der Waals surface area contributed by atoms with Gasteiger partial charge in [-0.15, -0.1) is 0 Å². The lowest BCUT2D eigenvalue weighted by atomic mass is 10.0. The molecule has 22 heavy (non-hydrogen) atoms. The molecule has 1 unspecified atom stereocenters. The van der Waals surface area contributed by atoms with Crippen LogP contribution in [0, 0.1) is 0 Å². The van der Waals surface area contributed by atoms with Gasteiger partial charge in [0.15, 0.2) is 0 Å². The van der Waals surface area contributed by atoms with E-state index < -0.39 is 6.10 Å². The van der Waals surface area contributed by atoms with Gasteiger partial charge in [0.05, 0.1) is 11.8 Å². The topological polar surface area (TPSA) is 61.5 Å². The highest BCUT2D eigenvalue weighted by atomic mass is 79.9.